The van der Waals surface area contributed by atoms with Crippen LogP contribution in [-0.2, 0) is 11.8 Å². The molecule has 3 rings (SSSR count). The number of hydrogen-bond acceptors (Lipinski definition) is 2. The van der Waals surface area contributed by atoms with Crippen LogP contribution in [0.4, 0.5) is 0 Å². The van der Waals surface area contributed by atoms with E-state index < -0.39 is 6.19 Å². The molecule has 0 aliphatic heterocycles. The summed E-state index contributed by atoms with van der Waals surface area (Å²) in [6.07, 6.45) is -0.621. The molecule has 0 fully saturated rings. The van der Waals surface area contributed by atoms with E-state index in [1.54, 1.807) is 12.3 Å². The summed E-state index contributed by atoms with van der Waals surface area (Å²) in [6, 6.07) is 25.5. The molecule has 4 heteroatoms. The maximum absolute atomic E-state index is 10.1. The Morgan fingerprint density at radius 2 is 1.42 bits per heavy atom. The Morgan fingerprint density at radius 1 is 0.875 bits per heavy atom. The lowest BCUT2D eigenvalue weighted by atomic mass is 10.1. The third-order valence-electron chi connectivity index (χ3n) is 3.75. The van der Waals surface area contributed by atoms with Crippen molar-refractivity contribution in [3.8, 4) is 5.75 Å². The van der Waals surface area contributed by atoms with Gasteiger partial charge in [0.05, 0.1) is 0 Å². The molecule has 3 aromatic carbocycles. The largest absolute Gasteiger partial charge is 0.507 e. The molecule has 0 saturated carbocycles. The fourth-order valence-electron chi connectivity index (χ4n) is 2.46. The molecule has 2 nitrogen and oxygen atoms in total. The lowest BCUT2D eigenvalue weighted by molar-refractivity contribution is 0.474. The summed E-state index contributed by atoms with van der Waals surface area (Å²) >= 11 is 6.04. The van der Waals surface area contributed by atoms with Crippen LogP contribution in [-0.4, -0.2) is 11.3 Å². The zero-order valence-corrected chi connectivity index (χ0v) is 15.0. The van der Waals surface area contributed by atoms with Crippen LogP contribution in [0, 0.1) is 6.92 Å². The maximum Gasteiger partial charge on any atom is 0.124 e. The van der Waals surface area contributed by atoms with Gasteiger partial charge in [0.1, 0.15) is 11.9 Å². The number of phenolic OH excluding ortho intramolecular Hbond substituents is 1. The van der Waals surface area contributed by atoms with E-state index in [1.807, 2.05) is 79.7 Å². The molecule has 0 aliphatic carbocycles. The van der Waals surface area contributed by atoms with Gasteiger partial charge in [-0.2, -0.15) is 0 Å². The van der Waals surface area contributed by atoms with Crippen molar-refractivity contribution in [1.82, 2.24) is 0 Å². The van der Waals surface area contributed by atoms with Crippen molar-refractivity contribution < 1.29 is 5.11 Å². The molecule has 0 aliphatic rings. The van der Waals surface area contributed by atoms with Crippen LogP contribution in [0.1, 0.15) is 11.1 Å². The van der Waals surface area contributed by atoms with Gasteiger partial charge in [0.25, 0.3) is 0 Å². The maximum atomic E-state index is 10.1. The Morgan fingerprint density at radius 3 is 1.96 bits per heavy atom. The van der Waals surface area contributed by atoms with Crippen LogP contribution in [0.25, 0.3) is 0 Å². The predicted molar refractivity (Wildman–Crippen MR) is 107 cm³/mol. The minimum absolute atomic E-state index is 0.215. The summed E-state index contributed by atoms with van der Waals surface area (Å²) < 4.78 is 4.81. The number of nitrogens with zero attached hydrogens (tertiary/aromatic N) is 1. The topological polar surface area (TPSA) is 32.6 Å². The Labute approximate surface area is 147 Å². The molecule has 0 saturated heterocycles. The molecule has 0 atom stereocenters. The second-order valence-electron chi connectivity index (χ2n) is 5.55. The monoisotopic (exact) mass is 351 g/mol. The van der Waals surface area contributed by atoms with Gasteiger partial charge in [-0.15, -0.1) is 0 Å². The van der Waals surface area contributed by atoms with Crippen LogP contribution < -0.4 is 10.6 Å². The number of rotatable bonds is 4. The zero-order valence-electron chi connectivity index (χ0n) is 13.3. The molecular formula is C20H18NOPS. The van der Waals surface area contributed by atoms with Gasteiger partial charge in [0.15, 0.2) is 0 Å². The van der Waals surface area contributed by atoms with Gasteiger partial charge in [-0.3, -0.25) is 4.76 Å². The van der Waals surface area contributed by atoms with E-state index in [2.05, 4.69) is 0 Å². The molecule has 1 N–H and O–H groups in total. The quantitative estimate of drug-likeness (QED) is 0.565. The third kappa shape index (κ3) is 3.48. The highest BCUT2D eigenvalue weighted by atomic mass is 32.4. The molecule has 3 aromatic rings. The molecule has 24 heavy (non-hydrogen) atoms. The summed E-state index contributed by atoms with van der Waals surface area (Å²) in [5.41, 5.74) is 1.76. The molecule has 120 valence electrons. The summed E-state index contributed by atoms with van der Waals surface area (Å²) in [6.45, 7) is 1.99. The van der Waals surface area contributed by atoms with Gasteiger partial charge in [-0.05, 0) is 19.1 Å². The normalized spacial score (nSPS) is 11.7. The van der Waals surface area contributed by atoms with E-state index in [1.165, 1.54) is 0 Å². The van der Waals surface area contributed by atoms with Gasteiger partial charge >= 0.3 is 0 Å². The molecule has 0 heterocycles. The van der Waals surface area contributed by atoms with Crippen molar-refractivity contribution in [2.24, 2.45) is 4.76 Å². The lowest BCUT2D eigenvalue weighted by Gasteiger charge is -2.18. The Hall–Kier alpha value is -2.22. The lowest BCUT2D eigenvalue weighted by Crippen LogP contribution is -2.14. The van der Waals surface area contributed by atoms with E-state index in [9.17, 15) is 5.11 Å². The minimum atomic E-state index is -2.33. The second-order valence-corrected chi connectivity index (χ2v) is 9.56. The molecule has 0 aromatic heterocycles. The van der Waals surface area contributed by atoms with Gasteiger partial charge < -0.3 is 5.11 Å². The first-order valence-electron chi connectivity index (χ1n) is 7.66. The standard InChI is InChI=1S/C20H18NOPS/c1-16-12-13-20(22)17(14-16)15-21-23(24,18-8-4-2-5-9-18)19-10-6-3-7-11-19/h2-15,22H,1H3/b21-15+. The highest BCUT2D eigenvalue weighted by Crippen LogP contribution is 2.45. The first-order valence-corrected chi connectivity index (χ1v) is 10.4. The highest BCUT2D eigenvalue weighted by Gasteiger charge is 2.20. The number of benzene rings is 3. The molecule has 0 amide bonds. The van der Waals surface area contributed by atoms with Crippen LogP contribution in [0.5, 0.6) is 5.75 Å². The predicted octanol–water partition coefficient (Wildman–Crippen LogP) is 4.17. The first kappa shape index (κ1) is 16.6. The van der Waals surface area contributed by atoms with Crippen LogP contribution in [0.2, 0.25) is 0 Å². The Bertz CT molecular complexity index is 864. The van der Waals surface area contributed by atoms with Crippen molar-refractivity contribution in [3.05, 3.63) is 90.0 Å². The smallest absolute Gasteiger partial charge is 0.124 e. The zero-order chi connectivity index (χ0) is 17.0. The SMILES string of the molecule is Cc1ccc(O)c(/C=N/P(=S)(c2ccccc2)c2ccccc2)c1. The number of phenols is 1. The van der Waals surface area contributed by atoms with Crippen molar-refractivity contribution in [2.45, 2.75) is 6.92 Å². The highest BCUT2D eigenvalue weighted by molar-refractivity contribution is 8.21. The summed E-state index contributed by atoms with van der Waals surface area (Å²) in [7, 11) is 0. The third-order valence-corrected chi connectivity index (χ3v) is 7.74. The first-order chi connectivity index (χ1) is 11.6. The Balaban J connectivity index is 2.11. The van der Waals surface area contributed by atoms with Crippen LogP contribution >= 0.6 is 6.19 Å². The summed E-state index contributed by atoms with van der Waals surface area (Å²) in [5.74, 6) is 0.215. The van der Waals surface area contributed by atoms with Crippen molar-refractivity contribution in [2.75, 3.05) is 0 Å². The second kappa shape index (κ2) is 7.12. The van der Waals surface area contributed by atoms with Crippen LogP contribution in [0.3, 0.4) is 0 Å². The molecule has 0 unspecified atom stereocenters. The molecule has 0 spiro atoms. The van der Waals surface area contributed by atoms with E-state index in [4.69, 9.17) is 16.6 Å². The van der Waals surface area contributed by atoms with Gasteiger partial charge in [-0.25, -0.2) is 0 Å². The average Bonchev–Trinajstić information content (AvgIpc) is 2.63. The van der Waals surface area contributed by atoms with E-state index in [0.717, 1.165) is 16.2 Å². The van der Waals surface area contributed by atoms with E-state index in [-0.39, 0.29) is 5.75 Å². The average molecular weight is 351 g/mol. The summed E-state index contributed by atoms with van der Waals surface area (Å²) in [4.78, 5) is 0. The fourth-order valence-corrected chi connectivity index (χ4v) is 5.34. The van der Waals surface area contributed by atoms with Crippen molar-refractivity contribution in [3.63, 3.8) is 0 Å². The Kier molecular flexibility index (Phi) is 4.94. The van der Waals surface area contributed by atoms with Gasteiger partial charge in [-0.1, -0.05) is 84.1 Å². The van der Waals surface area contributed by atoms with Crippen molar-refractivity contribution in [1.29, 1.82) is 0 Å². The minimum Gasteiger partial charge on any atom is -0.507 e. The van der Waals surface area contributed by atoms with Crippen molar-refractivity contribution >= 4 is 34.8 Å². The number of aryl methyl sites for hydroxylation is 1. The van der Waals surface area contributed by atoms with E-state index in [0.29, 0.717) is 5.56 Å². The fraction of sp³-hybridized carbons (Fsp3) is 0.0500. The molecule has 0 bridgehead atoms. The number of aromatic hydroxyl groups is 1. The van der Waals surface area contributed by atoms with E-state index >= 15 is 0 Å². The summed E-state index contributed by atoms with van der Waals surface area (Å²) in [5, 5.41) is 12.1. The molecular weight excluding hydrogens is 333 g/mol. The molecule has 0 radical (unpaired) electrons. The number of hydrogen-bond donors (Lipinski definition) is 1. The van der Waals surface area contributed by atoms with Crippen LogP contribution in [0.15, 0.2) is 83.6 Å². The van der Waals surface area contributed by atoms with Gasteiger partial charge in [0.2, 0.25) is 0 Å². The van der Waals surface area contributed by atoms with Gasteiger partial charge in [0, 0.05) is 22.4 Å².